The summed E-state index contributed by atoms with van der Waals surface area (Å²) in [5.74, 6) is -0.104. The van der Waals surface area contributed by atoms with Crippen LogP contribution >= 0.6 is 11.8 Å². The van der Waals surface area contributed by atoms with Crippen molar-refractivity contribution in [3.05, 3.63) is 90.5 Å². The van der Waals surface area contributed by atoms with E-state index in [1.165, 1.54) is 11.8 Å². The van der Waals surface area contributed by atoms with Gasteiger partial charge in [0.2, 0.25) is 11.1 Å². The van der Waals surface area contributed by atoms with Crippen molar-refractivity contribution in [3.8, 4) is 22.5 Å². The molecule has 1 atom stereocenters. The molecule has 0 aliphatic rings. The van der Waals surface area contributed by atoms with Gasteiger partial charge in [-0.1, -0.05) is 84.6 Å². The summed E-state index contributed by atoms with van der Waals surface area (Å²) in [4.78, 5) is 17.4. The summed E-state index contributed by atoms with van der Waals surface area (Å²) in [6.07, 6.45) is 0. The lowest BCUT2D eigenvalue weighted by Crippen LogP contribution is -2.22. The number of nitrogens with one attached hydrogen (secondary N) is 1. The van der Waals surface area contributed by atoms with E-state index >= 15 is 0 Å². The van der Waals surface area contributed by atoms with Gasteiger partial charge in [-0.05, 0) is 31.5 Å². The van der Waals surface area contributed by atoms with Crippen LogP contribution in [-0.2, 0) is 4.79 Å². The van der Waals surface area contributed by atoms with Gasteiger partial charge in [-0.15, -0.1) is 10.2 Å². The molecule has 3 aromatic carbocycles. The van der Waals surface area contributed by atoms with Crippen molar-refractivity contribution in [2.24, 2.45) is 0 Å². The maximum Gasteiger partial charge on any atom is 0.237 e. The van der Waals surface area contributed by atoms with Crippen LogP contribution in [0.4, 0.5) is 5.69 Å². The summed E-state index contributed by atoms with van der Waals surface area (Å²) in [6, 6.07) is 27.5. The molecule has 0 fully saturated rings. The maximum atomic E-state index is 12.7. The third-order valence-electron chi connectivity index (χ3n) is 4.70. The number of aromatic nitrogens is 3. The minimum absolute atomic E-state index is 0.104. The van der Waals surface area contributed by atoms with Gasteiger partial charge in [0.1, 0.15) is 11.4 Å². The second kappa shape index (κ2) is 9.53. The van der Waals surface area contributed by atoms with Crippen LogP contribution in [0.5, 0.6) is 0 Å². The zero-order valence-electron chi connectivity index (χ0n) is 17.3. The third-order valence-corrected chi connectivity index (χ3v) is 5.65. The number of carbonyl (C=O) groups is 1. The van der Waals surface area contributed by atoms with Gasteiger partial charge in [0, 0.05) is 16.8 Å². The van der Waals surface area contributed by atoms with E-state index in [4.69, 9.17) is 4.98 Å². The van der Waals surface area contributed by atoms with Crippen LogP contribution < -0.4 is 5.32 Å². The molecule has 1 aromatic heterocycles. The highest BCUT2D eigenvalue weighted by Gasteiger charge is 2.19. The lowest BCUT2D eigenvalue weighted by Gasteiger charge is -2.13. The molecule has 0 radical (unpaired) electrons. The van der Waals surface area contributed by atoms with Crippen LogP contribution in [0, 0.1) is 6.92 Å². The third kappa shape index (κ3) is 5.16. The minimum atomic E-state index is -0.381. The van der Waals surface area contributed by atoms with E-state index in [1.54, 1.807) is 0 Å². The first-order valence-electron chi connectivity index (χ1n) is 10.00. The number of thioether (sulfide) groups is 1. The standard InChI is InChI=1S/C25H22N4OS/c1-17-10-9-15-21(16-17)26-24(30)18(2)31-25-27-22(19-11-5-3-6-12-19)23(28-29-25)20-13-7-4-8-14-20/h3-16,18H,1-2H3,(H,26,30). The Hall–Kier alpha value is -3.51. The van der Waals surface area contributed by atoms with Gasteiger partial charge in [-0.2, -0.15) is 0 Å². The minimum Gasteiger partial charge on any atom is -0.325 e. The predicted molar refractivity (Wildman–Crippen MR) is 126 cm³/mol. The van der Waals surface area contributed by atoms with Crippen LogP contribution in [0.2, 0.25) is 0 Å². The molecule has 6 heteroatoms. The van der Waals surface area contributed by atoms with Crippen LogP contribution in [-0.4, -0.2) is 26.3 Å². The molecule has 0 saturated heterocycles. The van der Waals surface area contributed by atoms with Gasteiger partial charge >= 0.3 is 0 Å². The summed E-state index contributed by atoms with van der Waals surface area (Å²) in [5.41, 5.74) is 5.23. The van der Waals surface area contributed by atoms with Crippen molar-refractivity contribution in [2.45, 2.75) is 24.3 Å². The number of hydrogen-bond donors (Lipinski definition) is 1. The Morgan fingerprint density at radius 3 is 2.13 bits per heavy atom. The molecule has 0 bridgehead atoms. The molecule has 0 saturated carbocycles. The molecule has 0 aliphatic carbocycles. The Labute approximate surface area is 186 Å². The Kier molecular flexibility index (Phi) is 6.38. The smallest absolute Gasteiger partial charge is 0.237 e. The quantitative estimate of drug-likeness (QED) is 0.405. The highest BCUT2D eigenvalue weighted by atomic mass is 32.2. The summed E-state index contributed by atoms with van der Waals surface area (Å²) in [7, 11) is 0. The van der Waals surface area contributed by atoms with Crippen LogP contribution in [0.3, 0.4) is 0 Å². The topological polar surface area (TPSA) is 67.8 Å². The Morgan fingerprint density at radius 2 is 1.48 bits per heavy atom. The molecule has 0 spiro atoms. The number of anilines is 1. The molecule has 31 heavy (non-hydrogen) atoms. The van der Waals surface area contributed by atoms with Gasteiger partial charge < -0.3 is 5.32 Å². The number of nitrogens with zero attached hydrogens (tertiary/aromatic N) is 3. The fraction of sp³-hybridized carbons (Fsp3) is 0.120. The van der Waals surface area contributed by atoms with Gasteiger partial charge in [0.15, 0.2) is 0 Å². The summed E-state index contributed by atoms with van der Waals surface area (Å²) >= 11 is 1.29. The predicted octanol–water partition coefficient (Wildman–Crippen LogP) is 5.63. The molecule has 1 N–H and O–H groups in total. The van der Waals surface area contributed by atoms with Crippen LogP contribution in [0.15, 0.2) is 90.1 Å². The molecule has 4 aromatic rings. The highest BCUT2D eigenvalue weighted by molar-refractivity contribution is 8.00. The number of hydrogen-bond acceptors (Lipinski definition) is 5. The molecular weight excluding hydrogens is 404 g/mol. The van der Waals surface area contributed by atoms with Crippen molar-refractivity contribution >= 4 is 23.4 Å². The van der Waals surface area contributed by atoms with Crippen molar-refractivity contribution < 1.29 is 4.79 Å². The molecule has 154 valence electrons. The van der Waals surface area contributed by atoms with E-state index < -0.39 is 0 Å². The van der Waals surface area contributed by atoms with E-state index in [0.717, 1.165) is 28.1 Å². The Bertz CT molecular complexity index is 1180. The van der Waals surface area contributed by atoms with Gasteiger partial charge in [-0.3, -0.25) is 4.79 Å². The molecule has 1 unspecified atom stereocenters. The second-order valence-electron chi connectivity index (χ2n) is 7.14. The SMILES string of the molecule is Cc1cccc(NC(=O)C(C)Sc2nnc(-c3ccccc3)c(-c3ccccc3)n2)c1. The van der Waals surface area contributed by atoms with Gasteiger partial charge in [0.25, 0.3) is 0 Å². The first-order chi connectivity index (χ1) is 15.1. The summed E-state index contributed by atoms with van der Waals surface area (Å²) < 4.78 is 0. The summed E-state index contributed by atoms with van der Waals surface area (Å²) in [5, 5.41) is 11.8. The Balaban J connectivity index is 1.59. The molecular formula is C25H22N4OS. The van der Waals surface area contributed by atoms with Gasteiger partial charge in [-0.25, -0.2) is 4.98 Å². The first kappa shape index (κ1) is 20.8. The largest absolute Gasteiger partial charge is 0.325 e. The fourth-order valence-corrected chi connectivity index (χ4v) is 3.84. The lowest BCUT2D eigenvalue weighted by atomic mass is 10.0. The van der Waals surface area contributed by atoms with Crippen molar-refractivity contribution in [1.29, 1.82) is 0 Å². The second-order valence-corrected chi connectivity index (χ2v) is 8.45. The van der Waals surface area contributed by atoms with Crippen molar-refractivity contribution in [3.63, 3.8) is 0 Å². The fourth-order valence-electron chi connectivity index (χ4n) is 3.13. The zero-order chi connectivity index (χ0) is 21.6. The highest BCUT2D eigenvalue weighted by Crippen LogP contribution is 2.30. The normalized spacial score (nSPS) is 11.7. The first-order valence-corrected chi connectivity index (χ1v) is 10.9. The van der Waals surface area contributed by atoms with E-state index in [2.05, 4.69) is 15.5 Å². The van der Waals surface area contributed by atoms with Crippen LogP contribution in [0.25, 0.3) is 22.5 Å². The molecule has 4 rings (SSSR count). The van der Waals surface area contributed by atoms with E-state index in [1.807, 2.05) is 98.8 Å². The van der Waals surface area contributed by atoms with E-state index in [0.29, 0.717) is 10.9 Å². The number of carbonyl (C=O) groups excluding carboxylic acids is 1. The molecule has 1 amide bonds. The molecule has 5 nitrogen and oxygen atoms in total. The van der Waals surface area contributed by atoms with E-state index in [9.17, 15) is 4.79 Å². The van der Waals surface area contributed by atoms with Crippen molar-refractivity contribution in [2.75, 3.05) is 5.32 Å². The monoisotopic (exact) mass is 426 g/mol. The number of rotatable bonds is 6. The lowest BCUT2D eigenvalue weighted by molar-refractivity contribution is -0.115. The average Bonchev–Trinajstić information content (AvgIpc) is 2.80. The zero-order valence-corrected chi connectivity index (χ0v) is 18.1. The van der Waals surface area contributed by atoms with Gasteiger partial charge in [0.05, 0.1) is 5.25 Å². The van der Waals surface area contributed by atoms with Crippen molar-refractivity contribution in [1.82, 2.24) is 15.2 Å². The summed E-state index contributed by atoms with van der Waals surface area (Å²) in [6.45, 7) is 3.83. The number of benzene rings is 3. The maximum absolute atomic E-state index is 12.7. The van der Waals surface area contributed by atoms with Crippen LogP contribution in [0.1, 0.15) is 12.5 Å². The average molecular weight is 427 g/mol. The Morgan fingerprint density at radius 1 is 0.839 bits per heavy atom. The number of amides is 1. The number of aryl methyl sites for hydroxylation is 1. The van der Waals surface area contributed by atoms with E-state index in [-0.39, 0.29) is 11.2 Å². The molecule has 0 aliphatic heterocycles. The molecule has 1 heterocycles.